The Balaban J connectivity index is 1.75. The van der Waals surface area contributed by atoms with Crippen LogP contribution < -0.4 is 5.32 Å². The van der Waals surface area contributed by atoms with E-state index in [2.05, 4.69) is 12.2 Å². The van der Waals surface area contributed by atoms with E-state index in [1.165, 1.54) is 12.8 Å². The number of piperidine rings is 1. The molecule has 2 fully saturated rings. The molecule has 1 saturated carbocycles. The average molecular weight is 268 g/mol. The molecule has 110 valence electrons. The number of rotatable bonds is 3. The van der Waals surface area contributed by atoms with Gasteiger partial charge in [-0.2, -0.15) is 0 Å². The number of likely N-dealkylation sites (tertiary alicyclic amines) is 1. The van der Waals surface area contributed by atoms with E-state index >= 15 is 0 Å². The van der Waals surface area contributed by atoms with Gasteiger partial charge in [-0.05, 0) is 51.9 Å². The second kappa shape index (κ2) is 5.31. The summed E-state index contributed by atoms with van der Waals surface area (Å²) in [5, 5.41) is 3.61. The molecule has 1 aliphatic carbocycles. The number of ether oxygens (including phenoxy) is 1. The summed E-state index contributed by atoms with van der Waals surface area (Å²) in [6.07, 6.45) is 4.63. The molecule has 19 heavy (non-hydrogen) atoms. The van der Waals surface area contributed by atoms with Crippen LogP contribution >= 0.6 is 0 Å². The van der Waals surface area contributed by atoms with Crippen molar-refractivity contribution < 1.29 is 9.53 Å². The first-order valence-electron chi connectivity index (χ1n) is 7.49. The van der Waals surface area contributed by atoms with Gasteiger partial charge in [-0.3, -0.25) is 0 Å². The maximum atomic E-state index is 12.0. The van der Waals surface area contributed by atoms with Crippen LogP contribution in [0.3, 0.4) is 0 Å². The van der Waals surface area contributed by atoms with E-state index < -0.39 is 5.60 Å². The number of carbonyl (C=O) groups excluding carboxylic acids is 1. The van der Waals surface area contributed by atoms with Crippen LogP contribution in [-0.4, -0.2) is 42.3 Å². The van der Waals surface area contributed by atoms with Gasteiger partial charge in [0.15, 0.2) is 0 Å². The van der Waals surface area contributed by atoms with Crippen molar-refractivity contribution in [2.45, 2.75) is 65.0 Å². The summed E-state index contributed by atoms with van der Waals surface area (Å²) in [6, 6.07) is 0.765. The highest BCUT2D eigenvalue weighted by molar-refractivity contribution is 5.68. The first-order valence-corrected chi connectivity index (χ1v) is 7.49. The molecule has 0 aromatic heterocycles. The molecular formula is C15H28N2O2. The van der Waals surface area contributed by atoms with Gasteiger partial charge in [0.1, 0.15) is 5.60 Å². The molecular weight excluding hydrogens is 240 g/mol. The van der Waals surface area contributed by atoms with E-state index in [9.17, 15) is 4.79 Å². The first-order chi connectivity index (χ1) is 8.77. The summed E-state index contributed by atoms with van der Waals surface area (Å²) in [4.78, 5) is 13.8. The Morgan fingerprint density at radius 2 is 1.89 bits per heavy atom. The maximum absolute atomic E-state index is 12.0. The Kier molecular flexibility index (Phi) is 4.09. The van der Waals surface area contributed by atoms with Gasteiger partial charge >= 0.3 is 6.09 Å². The standard InChI is InChI=1S/C15H28N2O2/c1-14(2,3)19-13(18)17-9-7-15(4,8-10-17)11-16-12-5-6-12/h12,16H,5-11H2,1-4H3. The number of carbonyl (C=O) groups is 1. The normalized spacial score (nSPS) is 23.3. The van der Waals surface area contributed by atoms with Crippen molar-refractivity contribution in [2.75, 3.05) is 19.6 Å². The van der Waals surface area contributed by atoms with Crippen LogP contribution in [0.1, 0.15) is 53.4 Å². The Morgan fingerprint density at radius 1 is 1.32 bits per heavy atom. The predicted molar refractivity (Wildman–Crippen MR) is 76.2 cm³/mol. The Morgan fingerprint density at radius 3 is 2.37 bits per heavy atom. The zero-order valence-electron chi connectivity index (χ0n) is 12.8. The maximum Gasteiger partial charge on any atom is 0.410 e. The van der Waals surface area contributed by atoms with Gasteiger partial charge in [0.2, 0.25) is 0 Å². The van der Waals surface area contributed by atoms with Crippen LogP contribution in [0.15, 0.2) is 0 Å². The minimum atomic E-state index is -0.397. The molecule has 0 spiro atoms. The smallest absolute Gasteiger partial charge is 0.410 e. The van der Waals surface area contributed by atoms with E-state index in [4.69, 9.17) is 4.74 Å². The van der Waals surface area contributed by atoms with Crippen LogP contribution in [0, 0.1) is 5.41 Å². The fraction of sp³-hybridized carbons (Fsp3) is 0.933. The largest absolute Gasteiger partial charge is 0.444 e. The molecule has 4 nitrogen and oxygen atoms in total. The van der Waals surface area contributed by atoms with Crippen molar-refractivity contribution in [1.29, 1.82) is 0 Å². The molecule has 1 amide bonds. The monoisotopic (exact) mass is 268 g/mol. The summed E-state index contributed by atoms with van der Waals surface area (Å²) in [6.45, 7) is 10.8. The fourth-order valence-corrected chi connectivity index (χ4v) is 2.41. The lowest BCUT2D eigenvalue weighted by molar-refractivity contribution is 0.0119. The highest BCUT2D eigenvalue weighted by Crippen LogP contribution is 2.32. The van der Waals surface area contributed by atoms with E-state index in [0.717, 1.165) is 38.5 Å². The lowest BCUT2D eigenvalue weighted by Crippen LogP contribution is -2.47. The van der Waals surface area contributed by atoms with Crippen LogP contribution in [-0.2, 0) is 4.74 Å². The number of hydrogen-bond donors (Lipinski definition) is 1. The molecule has 2 rings (SSSR count). The van der Waals surface area contributed by atoms with E-state index in [-0.39, 0.29) is 6.09 Å². The highest BCUT2D eigenvalue weighted by Gasteiger charge is 2.34. The average Bonchev–Trinajstić information content (AvgIpc) is 3.09. The molecule has 0 bridgehead atoms. The number of nitrogens with zero attached hydrogens (tertiary/aromatic N) is 1. The molecule has 0 atom stereocenters. The summed E-state index contributed by atoms with van der Waals surface area (Å²) in [5.74, 6) is 0. The number of amides is 1. The zero-order chi connectivity index (χ0) is 14.1. The minimum absolute atomic E-state index is 0.162. The molecule has 0 radical (unpaired) electrons. The van der Waals surface area contributed by atoms with Crippen LogP contribution in [0.2, 0.25) is 0 Å². The van der Waals surface area contributed by atoms with Crippen molar-refractivity contribution in [2.24, 2.45) is 5.41 Å². The van der Waals surface area contributed by atoms with Crippen LogP contribution in [0.5, 0.6) is 0 Å². The first kappa shape index (κ1) is 14.6. The molecule has 4 heteroatoms. The van der Waals surface area contributed by atoms with Gasteiger partial charge in [0, 0.05) is 25.7 Å². The van der Waals surface area contributed by atoms with Crippen molar-refractivity contribution in [3.8, 4) is 0 Å². The van der Waals surface area contributed by atoms with Gasteiger partial charge < -0.3 is 15.0 Å². The van der Waals surface area contributed by atoms with Gasteiger partial charge in [0.05, 0.1) is 0 Å². The molecule has 1 saturated heterocycles. The fourth-order valence-electron chi connectivity index (χ4n) is 2.41. The molecule has 1 aliphatic heterocycles. The quantitative estimate of drug-likeness (QED) is 0.855. The van der Waals surface area contributed by atoms with Gasteiger partial charge in [-0.25, -0.2) is 4.79 Å². The Bertz CT molecular complexity index is 324. The Labute approximate surface area is 116 Å². The van der Waals surface area contributed by atoms with Crippen molar-refractivity contribution >= 4 is 6.09 Å². The summed E-state index contributed by atoms with van der Waals surface area (Å²) in [5.41, 5.74) is -0.0630. The topological polar surface area (TPSA) is 41.6 Å². The third-order valence-electron chi connectivity index (χ3n) is 4.02. The van der Waals surface area contributed by atoms with E-state index in [1.807, 2.05) is 25.7 Å². The van der Waals surface area contributed by atoms with E-state index in [0.29, 0.717) is 5.41 Å². The van der Waals surface area contributed by atoms with Crippen LogP contribution in [0.25, 0.3) is 0 Å². The van der Waals surface area contributed by atoms with Gasteiger partial charge in [-0.15, -0.1) is 0 Å². The molecule has 1 N–H and O–H groups in total. The van der Waals surface area contributed by atoms with Gasteiger partial charge in [-0.1, -0.05) is 6.92 Å². The summed E-state index contributed by atoms with van der Waals surface area (Å²) in [7, 11) is 0. The van der Waals surface area contributed by atoms with Crippen molar-refractivity contribution in [3.05, 3.63) is 0 Å². The molecule has 0 unspecified atom stereocenters. The SMILES string of the molecule is CC1(CNC2CC2)CCN(C(=O)OC(C)(C)C)CC1. The lowest BCUT2D eigenvalue weighted by atomic mass is 9.80. The zero-order valence-corrected chi connectivity index (χ0v) is 12.8. The summed E-state index contributed by atoms with van der Waals surface area (Å²) < 4.78 is 5.42. The minimum Gasteiger partial charge on any atom is -0.444 e. The third kappa shape index (κ3) is 4.68. The second-order valence-corrected chi connectivity index (χ2v) is 7.43. The molecule has 0 aromatic carbocycles. The highest BCUT2D eigenvalue weighted by atomic mass is 16.6. The van der Waals surface area contributed by atoms with Crippen molar-refractivity contribution in [1.82, 2.24) is 10.2 Å². The second-order valence-electron chi connectivity index (χ2n) is 7.43. The van der Waals surface area contributed by atoms with Crippen LogP contribution in [0.4, 0.5) is 4.79 Å². The molecule has 0 aromatic rings. The lowest BCUT2D eigenvalue weighted by Gasteiger charge is -2.40. The molecule has 1 heterocycles. The van der Waals surface area contributed by atoms with Crippen molar-refractivity contribution in [3.63, 3.8) is 0 Å². The Hall–Kier alpha value is -0.770. The summed E-state index contributed by atoms with van der Waals surface area (Å²) >= 11 is 0. The predicted octanol–water partition coefficient (Wildman–Crippen LogP) is 2.78. The number of hydrogen-bond acceptors (Lipinski definition) is 3. The van der Waals surface area contributed by atoms with Gasteiger partial charge in [0.25, 0.3) is 0 Å². The van der Waals surface area contributed by atoms with E-state index in [1.54, 1.807) is 0 Å². The molecule has 2 aliphatic rings. The third-order valence-corrected chi connectivity index (χ3v) is 4.02. The number of nitrogens with one attached hydrogen (secondary N) is 1.